The Morgan fingerprint density at radius 1 is 1.34 bits per heavy atom. The predicted octanol–water partition coefficient (Wildman–Crippen LogP) is 4.90. The number of hydrogen-bond donors (Lipinski definition) is 3. The van der Waals surface area contributed by atoms with Crippen LogP contribution in [0.15, 0.2) is 53.2 Å². The van der Waals surface area contributed by atoms with Crippen molar-refractivity contribution in [2.24, 2.45) is 0 Å². The first-order valence-corrected chi connectivity index (χ1v) is 10.7. The predicted molar refractivity (Wildman–Crippen MR) is 122 cm³/mol. The average Bonchev–Trinajstić information content (AvgIpc) is 3.42. The highest BCUT2D eigenvalue weighted by Crippen LogP contribution is 2.26. The van der Waals surface area contributed by atoms with Crippen LogP contribution in [0.1, 0.15) is 36.3 Å². The van der Waals surface area contributed by atoms with Gasteiger partial charge in [-0.2, -0.15) is 0 Å². The average molecular weight is 405 g/mol. The molecule has 1 aromatic carbocycles. The molecule has 0 amide bonds. The molecule has 3 aromatic rings. The molecular formula is C23H24N4OS. The molecule has 148 valence electrons. The SMILES string of the molecule is C=C/C(=C\C=N)c1nc(-c2cc3ccc(CNC4CCCC4)cc3[nH]c2=O)cs1. The fourth-order valence-corrected chi connectivity index (χ4v) is 4.63. The lowest BCUT2D eigenvalue weighted by molar-refractivity contribution is 0.524. The van der Waals surface area contributed by atoms with Crippen molar-refractivity contribution in [2.45, 2.75) is 38.3 Å². The van der Waals surface area contributed by atoms with Crippen LogP contribution >= 0.6 is 11.3 Å². The molecule has 0 radical (unpaired) electrons. The molecule has 29 heavy (non-hydrogen) atoms. The highest BCUT2D eigenvalue weighted by molar-refractivity contribution is 7.11. The molecule has 0 saturated heterocycles. The standard InChI is InChI=1S/C23H24N4OS/c1-2-16(9-10-24)23-27-21(14-29-23)19-12-17-8-7-15(11-20(17)26-22(19)28)13-25-18-5-3-4-6-18/h2,7-12,14,18,24-25H,1,3-6,13H2,(H,26,28)/b16-9+,24-10?. The van der Waals surface area contributed by atoms with E-state index in [1.165, 1.54) is 48.8 Å². The number of aromatic amines is 1. The molecule has 3 N–H and O–H groups in total. The highest BCUT2D eigenvalue weighted by atomic mass is 32.1. The van der Waals surface area contributed by atoms with E-state index in [9.17, 15) is 4.79 Å². The second-order valence-corrected chi connectivity index (χ2v) is 8.18. The summed E-state index contributed by atoms with van der Waals surface area (Å²) in [6.07, 6.45) is 9.66. The van der Waals surface area contributed by atoms with Gasteiger partial charge in [0.1, 0.15) is 5.01 Å². The first-order chi connectivity index (χ1) is 14.2. The Morgan fingerprint density at radius 2 is 2.17 bits per heavy atom. The molecular weight excluding hydrogens is 380 g/mol. The minimum Gasteiger partial charge on any atom is -0.321 e. The Kier molecular flexibility index (Phi) is 5.83. The minimum atomic E-state index is -0.147. The number of hydrogen-bond acceptors (Lipinski definition) is 5. The van der Waals surface area contributed by atoms with Gasteiger partial charge in [0, 0.05) is 35.3 Å². The van der Waals surface area contributed by atoms with Crippen LogP contribution in [0.3, 0.4) is 0 Å². The third kappa shape index (κ3) is 4.28. The van der Waals surface area contributed by atoms with E-state index in [2.05, 4.69) is 40.1 Å². The Bertz CT molecular complexity index is 1140. The number of nitrogens with one attached hydrogen (secondary N) is 3. The fraction of sp³-hybridized carbons (Fsp3) is 0.261. The summed E-state index contributed by atoms with van der Waals surface area (Å²) in [5, 5.41) is 14.5. The van der Waals surface area contributed by atoms with Crippen molar-refractivity contribution >= 4 is 34.0 Å². The van der Waals surface area contributed by atoms with Crippen molar-refractivity contribution < 1.29 is 0 Å². The van der Waals surface area contributed by atoms with Crippen molar-refractivity contribution in [1.29, 1.82) is 5.41 Å². The van der Waals surface area contributed by atoms with Gasteiger partial charge in [0.05, 0.1) is 11.3 Å². The van der Waals surface area contributed by atoms with Crippen LogP contribution in [0.4, 0.5) is 0 Å². The molecule has 1 aliphatic carbocycles. The zero-order valence-corrected chi connectivity index (χ0v) is 17.0. The van der Waals surface area contributed by atoms with E-state index in [0.717, 1.165) is 28.0 Å². The second-order valence-electron chi connectivity index (χ2n) is 7.33. The number of H-pyrrole nitrogens is 1. The summed E-state index contributed by atoms with van der Waals surface area (Å²) < 4.78 is 0. The molecule has 1 aliphatic rings. The lowest BCUT2D eigenvalue weighted by atomic mass is 10.1. The monoisotopic (exact) mass is 404 g/mol. The van der Waals surface area contributed by atoms with Crippen LogP contribution in [0.5, 0.6) is 0 Å². The number of rotatable bonds is 7. The molecule has 1 saturated carbocycles. The van der Waals surface area contributed by atoms with E-state index in [-0.39, 0.29) is 5.56 Å². The topological polar surface area (TPSA) is 81.6 Å². The Balaban J connectivity index is 1.60. The van der Waals surface area contributed by atoms with E-state index < -0.39 is 0 Å². The molecule has 0 spiro atoms. The van der Waals surface area contributed by atoms with Crippen molar-refractivity contribution in [2.75, 3.05) is 0 Å². The van der Waals surface area contributed by atoms with Gasteiger partial charge in [-0.3, -0.25) is 4.79 Å². The van der Waals surface area contributed by atoms with Gasteiger partial charge in [0.15, 0.2) is 0 Å². The van der Waals surface area contributed by atoms with Crippen LogP contribution < -0.4 is 10.9 Å². The van der Waals surface area contributed by atoms with Gasteiger partial charge < -0.3 is 15.7 Å². The lowest BCUT2D eigenvalue weighted by Gasteiger charge is -2.12. The Morgan fingerprint density at radius 3 is 2.93 bits per heavy atom. The highest BCUT2D eigenvalue weighted by Gasteiger charge is 2.14. The number of allylic oxidation sites excluding steroid dienone is 3. The zero-order chi connectivity index (χ0) is 20.2. The zero-order valence-electron chi connectivity index (χ0n) is 16.2. The van der Waals surface area contributed by atoms with Crippen LogP contribution in [-0.4, -0.2) is 22.2 Å². The van der Waals surface area contributed by atoms with Gasteiger partial charge in [-0.25, -0.2) is 4.98 Å². The number of thiazole rings is 1. The molecule has 2 heterocycles. The van der Waals surface area contributed by atoms with Crippen molar-refractivity contribution in [3.05, 3.63) is 69.3 Å². The summed E-state index contributed by atoms with van der Waals surface area (Å²) >= 11 is 1.44. The van der Waals surface area contributed by atoms with Crippen LogP contribution in [0, 0.1) is 5.41 Å². The summed E-state index contributed by atoms with van der Waals surface area (Å²) in [7, 11) is 0. The largest absolute Gasteiger partial charge is 0.321 e. The molecule has 1 fully saturated rings. The molecule has 0 atom stereocenters. The van der Waals surface area contributed by atoms with Gasteiger partial charge in [-0.15, -0.1) is 11.3 Å². The van der Waals surface area contributed by atoms with E-state index in [0.29, 0.717) is 17.3 Å². The summed E-state index contributed by atoms with van der Waals surface area (Å²) in [6, 6.07) is 8.74. The maximum atomic E-state index is 12.7. The Hall–Kier alpha value is -2.83. The minimum absolute atomic E-state index is 0.147. The first-order valence-electron chi connectivity index (χ1n) is 9.87. The Labute approximate surface area is 173 Å². The van der Waals surface area contributed by atoms with E-state index >= 15 is 0 Å². The summed E-state index contributed by atoms with van der Waals surface area (Å²) in [6.45, 7) is 4.59. The van der Waals surface area contributed by atoms with E-state index in [4.69, 9.17) is 5.41 Å². The van der Waals surface area contributed by atoms with Crippen molar-refractivity contribution in [3.63, 3.8) is 0 Å². The molecule has 0 bridgehead atoms. The molecule has 0 unspecified atom stereocenters. The number of pyridine rings is 1. The number of aromatic nitrogens is 2. The van der Waals surface area contributed by atoms with Gasteiger partial charge in [0.25, 0.3) is 5.56 Å². The van der Waals surface area contributed by atoms with Crippen molar-refractivity contribution in [3.8, 4) is 11.3 Å². The third-order valence-electron chi connectivity index (χ3n) is 5.37. The maximum absolute atomic E-state index is 12.7. The van der Waals surface area contributed by atoms with Crippen molar-refractivity contribution in [1.82, 2.24) is 15.3 Å². The summed E-state index contributed by atoms with van der Waals surface area (Å²) in [4.78, 5) is 20.3. The molecule has 4 rings (SSSR count). The fourth-order valence-electron chi connectivity index (χ4n) is 3.79. The second kappa shape index (κ2) is 8.68. The normalized spacial score (nSPS) is 15.1. The maximum Gasteiger partial charge on any atom is 0.257 e. The smallest absolute Gasteiger partial charge is 0.257 e. The van der Waals surface area contributed by atoms with Gasteiger partial charge >= 0.3 is 0 Å². The van der Waals surface area contributed by atoms with E-state index in [1.807, 2.05) is 11.4 Å². The van der Waals surface area contributed by atoms with Crippen LogP contribution in [-0.2, 0) is 6.54 Å². The van der Waals surface area contributed by atoms with Gasteiger partial charge in [-0.05, 0) is 42.0 Å². The quantitative estimate of drug-likeness (QED) is 0.387. The third-order valence-corrected chi connectivity index (χ3v) is 6.26. The van der Waals surface area contributed by atoms with E-state index in [1.54, 1.807) is 12.2 Å². The lowest BCUT2D eigenvalue weighted by Crippen LogP contribution is -2.25. The first kappa shape index (κ1) is 19.5. The number of benzene rings is 1. The summed E-state index contributed by atoms with van der Waals surface area (Å²) in [5.74, 6) is 0. The van der Waals surface area contributed by atoms with Gasteiger partial charge in [0.2, 0.25) is 0 Å². The number of fused-ring (bicyclic) bond motifs is 1. The van der Waals surface area contributed by atoms with Gasteiger partial charge in [-0.1, -0.05) is 37.6 Å². The number of nitrogens with zero attached hydrogens (tertiary/aromatic N) is 1. The molecule has 0 aliphatic heterocycles. The summed E-state index contributed by atoms with van der Waals surface area (Å²) in [5.41, 5.74) is 3.83. The molecule has 6 heteroatoms. The molecule has 2 aromatic heterocycles. The molecule has 5 nitrogen and oxygen atoms in total. The van der Waals surface area contributed by atoms with Crippen LogP contribution in [0.25, 0.3) is 27.7 Å². The van der Waals surface area contributed by atoms with Crippen LogP contribution in [0.2, 0.25) is 0 Å².